The molecule has 0 N–H and O–H groups in total. The van der Waals surface area contributed by atoms with Gasteiger partial charge in [-0.05, 0) is 48.1 Å². The second-order valence-electron chi connectivity index (χ2n) is 9.35. The van der Waals surface area contributed by atoms with Crippen molar-refractivity contribution < 1.29 is 23.8 Å². The molecule has 0 saturated heterocycles. The zero-order chi connectivity index (χ0) is 19.6. The van der Waals surface area contributed by atoms with E-state index in [1.807, 2.05) is 13.0 Å². The summed E-state index contributed by atoms with van der Waals surface area (Å²) < 4.78 is 16.6. The minimum absolute atomic E-state index is 0.00205. The van der Waals surface area contributed by atoms with Gasteiger partial charge in [-0.3, -0.25) is 14.3 Å². The molecule has 146 valence electrons. The molecule has 4 atom stereocenters. The lowest BCUT2D eigenvalue weighted by atomic mass is 9.60. The first-order valence-corrected chi connectivity index (χ1v) is 9.82. The Balaban J connectivity index is 1.86. The Hall–Kier alpha value is -1.88. The lowest BCUT2D eigenvalue weighted by Gasteiger charge is -2.45. The van der Waals surface area contributed by atoms with E-state index in [-0.39, 0.29) is 22.7 Å². The van der Waals surface area contributed by atoms with Crippen LogP contribution in [0.25, 0.3) is 0 Å². The van der Waals surface area contributed by atoms with E-state index in [0.717, 1.165) is 29.5 Å². The van der Waals surface area contributed by atoms with Crippen LogP contribution in [-0.2, 0) is 29.2 Å². The number of rotatable bonds is 2. The van der Waals surface area contributed by atoms with Gasteiger partial charge in [0.1, 0.15) is 0 Å². The minimum Gasteiger partial charge on any atom is -0.431 e. The Kier molecular flexibility index (Phi) is 4.15. The number of benzene rings is 1. The largest absolute Gasteiger partial charge is 0.431 e. The van der Waals surface area contributed by atoms with Crippen molar-refractivity contribution in [3.63, 3.8) is 0 Å². The zero-order valence-electron chi connectivity index (χ0n) is 16.8. The van der Waals surface area contributed by atoms with E-state index >= 15 is 0 Å². The van der Waals surface area contributed by atoms with E-state index in [1.54, 1.807) is 0 Å². The molecule has 0 unspecified atom stereocenters. The Bertz CT molecular complexity index is 811. The molecule has 0 radical (unpaired) electrons. The van der Waals surface area contributed by atoms with Gasteiger partial charge in [-0.1, -0.05) is 39.3 Å². The first-order valence-electron chi connectivity index (χ1n) is 9.82. The third kappa shape index (κ3) is 2.96. The molecule has 0 aromatic heterocycles. The van der Waals surface area contributed by atoms with Gasteiger partial charge < -0.3 is 9.47 Å². The normalized spacial score (nSPS) is 34.0. The number of esters is 2. The van der Waals surface area contributed by atoms with E-state index in [2.05, 4.69) is 26.8 Å². The van der Waals surface area contributed by atoms with Gasteiger partial charge in [0.15, 0.2) is 0 Å². The molecular formula is C22H28O5. The standard InChI is InChI=1S/C22H28O5/c1-12-16-15(22(5)10-6-9-21(3,4)11-22)8-7-14-17(16)20(26-18(12)24)27-19(14)25-13(2)23/h7-8,12,19-20H,6,9-11H2,1-5H3/t12-,19-,20-,22-/m1/s1. The average Bonchev–Trinajstić information content (AvgIpc) is 2.88. The van der Waals surface area contributed by atoms with Gasteiger partial charge in [-0.15, -0.1) is 0 Å². The van der Waals surface area contributed by atoms with Gasteiger partial charge >= 0.3 is 11.9 Å². The fourth-order valence-electron chi connectivity index (χ4n) is 5.44. The maximum Gasteiger partial charge on any atom is 0.315 e. The van der Waals surface area contributed by atoms with Crippen molar-refractivity contribution in [2.75, 3.05) is 0 Å². The topological polar surface area (TPSA) is 61.8 Å². The van der Waals surface area contributed by atoms with Crippen molar-refractivity contribution in [1.82, 2.24) is 0 Å². The van der Waals surface area contributed by atoms with Crippen LogP contribution in [0.5, 0.6) is 0 Å². The summed E-state index contributed by atoms with van der Waals surface area (Å²) in [6, 6.07) is 4.10. The third-order valence-electron chi connectivity index (χ3n) is 6.44. The quantitative estimate of drug-likeness (QED) is 0.698. The second kappa shape index (κ2) is 6.06. The highest BCUT2D eigenvalue weighted by Crippen LogP contribution is 2.54. The van der Waals surface area contributed by atoms with Gasteiger partial charge in [0.25, 0.3) is 0 Å². The highest BCUT2D eigenvalue weighted by atomic mass is 16.8. The van der Waals surface area contributed by atoms with Crippen LogP contribution in [0.3, 0.4) is 0 Å². The summed E-state index contributed by atoms with van der Waals surface area (Å²) in [4.78, 5) is 24.0. The van der Waals surface area contributed by atoms with Crippen molar-refractivity contribution >= 4 is 11.9 Å². The van der Waals surface area contributed by atoms with E-state index in [4.69, 9.17) is 14.2 Å². The second-order valence-corrected chi connectivity index (χ2v) is 9.35. The molecule has 2 heterocycles. The maximum atomic E-state index is 12.5. The molecule has 0 spiro atoms. The molecule has 1 fully saturated rings. The smallest absolute Gasteiger partial charge is 0.315 e. The minimum atomic E-state index is -0.816. The van der Waals surface area contributed by atoms with Crippen LogP contribution in [0.2, 0.25) is 0 Å². The molecule has 1 saturated carbocycles. The summed E-state index contributed by atoms with van der Waals surface area (Å²) in [5.74, 6) is -1.06. The highest BCUT2D eigenvalue weighted by Gasteiger charge is 2.48. The van der Waals surface area contributed by atoms with Crippen molar-refractivity contribution in [3.05, 3.63) is 34.4 Å². The fourth-order valence-corrected chi connectivity index (χ4v) is 5.44. The molecule has 4 rings (SSSR count). The van der Waals surface area contributed by atoms with Gasteiger partial charge in [-0.25, -0.2) is 0 Å². The van der Waals surface area contributed by atoms with Gasteiger partial charge in [0, 0.05) is 18.1 Å². The molecule has 5 heteroatoms. The molecular weight excluding hydrogens is 344 g/mol. The summed E-state index contributed by atoms with van der Waals surface area (Å²) in [6.07, 6.45) is 2.97. The van der Waals surface area contributed by atoms with Gasteiger partial charge in [-0.2, -0.15) is 0 Å². The summed E-state index contributed by atoms with van der Waals surface area (Å²) >= 11 is 0. The van der Waals surface area contributed by atoms with Crippen molar-refractivity contribution in [1.29, 1.82) is 0 Å². The molecule has 1 aliphatic carbocycles. The lowest BCUT2D eigenvalue weighted by Crippen LogP contribution is -2.37. The molecule has 2 aliphatic heterocycles. The number of hydrogen-bond donors (Lipinski definition) is 0. The summed E-state index contributed by atoms with van der Waals surface area (Å²) in [5.41, 5.74) is 4.19. The van der Waals surface area contributed by atoms with Crippen LogP contribution >= 0.6 is 0 Å². The maximum absolute atomic E-state index is 12.5. The Morgan fingerprint density at radius 2 is 1.93 bits per heavy atom. The monoisotopic (exact) mass is 372 g/mol. The Morgan fingerprint density at radius 1 is 1.19 bits per heavy atom. The highest BCUT2D eigenvalue weighted by molar-refractivity contribution is 5.82. The first-order chi connectivity index (χ1) is 12.6. The van der Waals surface area contributed by atoms with E-state index in [1.165, 1.54) is 25.3 Å². The SMILES string of the molecule is CC(=O)O[C@@H]1O[C@H]2OC(=O)[C@H](C)c3c([C@]4(C)CCCC(C)(C)C4)ccc1c32. The molecule has 0 bridgehead atoms. The number of carbonyl (C=O) groups excluding carboxylic acids is 2. The zero-order valence-corrected chi connectivity index (χ0v) is 16.8. The molecule has 1 aromatic rings. The molecule has 1 aromatic carbocycles. The summed E-state index contributed by atoms with van der Waals surface area (Å²) in [6.45, 7) is 10.2. The Morgan fingerprint density at radius 3 is 2.59 bits per heavy atom. The van der Waals surface area contributed by atoms with Crippen LogP contribution in [0, 0.1) is 5.41 Å². The summed E-state index contributed by atoms with van der Waals surface area (Å²) in [5, 5.41) is 0. The number of hydrogen-bond acceptors (Lipinski definition) is 5. The Labute approximate surface area is 160 Å². The van der Waals surface area contributed by atoms with E-state index < -0.39 is 18.5 Å². The van der Waals surface area contributed by atoms with E-state index in [9.17, 15) is 9.59 Å². The number of ether oxygens (including phenoxy) is 3. The van der Waals surface area contributed by atoms with Crippen molar-refractivity contribution in [2.45, 2.75) is 84.2 Å². The van der Waals surface area contributed by atoms with Crippen LogP contribution < -0.4 is 0 Å². The first kappa shape index (κ1) is 18.5. The summed E-state index contributed by atoms with van der Waals surface area (Å²) in [7, 11) is 0. The van der Waals surface area contributed by atoms with Gasteiger partial charge in [0.2, 0.25) is 12.6 Å². The van der Waals surface area contributed by atoms with Crippen molar-refractivity contribution in [3.8, 4) is 0 Å². The fraction of sp³-hybridized carbons (Fsp3) is 0.636. The molecule has 0 amide bonds. The van der Waals surface area contributed by atoms with Gasteiger partial charge in [0.05, 0.1) is 5.92 Å². The molecule has 5 nitrogen and oxygen atoms in total. The number of carbonyl (C=O) groups is 2. The van der Waals surface area contributed by atoms with Crippen molar-refractivity contribution in [2.24, 2.45) is 5.41 Å². The van der Waals surface area contributed by atoms with E-state index in [0.29, 0.717) is 0 Å². The molecule has 27 heavy (non-hydrogen) atoms. The van der Waals surface area contributed by atoms with Crippen LogP contribution in [0.4, 0.5) is 0 Å². The predicted octanol–water partition coefficient (Wildman–Crippen LogP) is 4.80. The predicted molar refractivity (Wildman–Crippen MR) is 98.9 cm³/mol. The molecule has 3 aliphatic rings. The van der Waals surface area contributed by atoms with Crippen LogP contribution in [-0.4, -0.2) is 11.9 Å². The van der Waals surface area contributed by atoms with Crippen LogP contribution in [0.1, 0.15) is 101 Å². The third-order valence-corrected chi connectivity index (χ3v) is 6.44. The lowest BCUT2D eigenvalue weighted by molar-refractivity contribution is -0.231. The average molecular weight is 372 g/mol. The van der Waals surface area contributed by atoms with Crippen LogP contribution in [0.15, 0.2) is 12.1 Å².